The molecule has 160 valence electrons. The van der Waals surface area contributed by atoms with Crippen LogP contribution in [-0.2, 0) is 14.3 Å². The molecule has 0 aliphatic heterocycles. The van der Waals surface area contributed by atoms with Gasteiger partial charge in [-0.2, -0.15) is 0 Å². The summed E-state index contributed by atoms with van der Waals surface area (Å²) >= 11 is 5.28. The molecule has 0 N–H and O–H groups in total. The van der Waals surface area contributed by atoms with Gasteiger partial charge in [-0.3, -0.25) is 19.2 Å². The van der Waals surface area contributed by atoms with Crippen molar-refractivity contribution in [1.29, 1.82) is 0 Å². The Bertz CT molecular complexity index is 879. The fourth-order valence-corrected chi connectivity index (χ4v) is 2.44. The molecule has 0 saturated carbocycles. The summed E-state index contributed by atoms with van der Waals surface area (Å²) in [7, 11) is 0. The van der Waals surface area contributed by atoms with Gasteiger partial charge < -0.3 is 4.74 Å². The van der Waals surface area contributed by atoms with Gasteiger partial charge in [-0.1, -0.05) is 0 Å². The van der Waals surface area contributed by atoms with Crippen molar-refractivity contribution in [2.24, 2.45) is 5.92 Å². The molecule has 0 aliphatic carbocycles. The smallest absolute Gasteiger partial charge is 0.316 e. The Balaban J connectivity index is 0.000000346. The molecule has 30 heavy (non-hydrogen) atoms. The molecule has 0 bridgehead atoms. The number of hydrogen-bond acceptors (Lipinski definition) is 5. The highest BCUT2D eigenvalue weighted by atomic mass is 35.5. The first-order chi connectivity index (χ1) is 14.2. The second-order valence-electron chi connectivity index (χ2n) is 6.11. The lowest BCUT2D eigenvalue weighted by atomic mass is 9.95. The third-order valence-corrected chi connectivity index (χ3v) is 4.15. The van der Waals surface area contributed by atoms with Crippen molar-refractivity contribution in [3.05, 3.63) is 71.3 Å². The number of carbonyl (C=O) groups is 4. The average molecular weight is 439 g/mol. The van der Waals surface area contributed by atoms with Crippen molar-refractivity contribution in [2.45, 2.75) is 20.3 Å². The average Bonchev–Trinajstić information content (AvgIpc) is 2.72. The highest BCUT2D eigenvalue weighted by Gasteiger charge is 2.27. The van der Waals surface area contributed by atoms with Crippen LogP contribution in [0.15, 0.2) is 48.5 Å². The summed E-state index contributed by atoms with van der Waals surface area (Å²) in [5, 5.41) is 0. The van der Waals surface area contributed by atoms with Crippen LogP contribution >= 0.6 is 11.6 Å². The minimum atomic E-state index is -1.10. The van der Waals surface area contributed by atoms with Gasteiger partial charge in [0.05, 0.1) is 12.5 Å². The molecule has 0 amide bonds. The normalized spacial score (nSPS) is 11.0. The molecule has 0 aromatic heterocycles. The largest absolute Gasteiger partial charge is 0.465 e. The number of hydrogen-bond donors (Lipinski definition) is 0. The number of esters is 1. The maximum atomic E-state index is 12.7. The summed E-state index contributed by atoms with van der Waals surface area (Å²) in [5.41, 5.74) is 0.707. The number of carbonyl (C=O) groups excluding carboxylic acids is 4. The maximum absolute atomic E-state index is 12.7. The Morgan fingerprint density at radius 3 is 1.67 bits per heavy atom. The van der Waals surface area contributed by atoms with Crippen LogP contribution in [-0.4, -0.2) is 35.8 Å². The number of rotatable bonds is 8. The van der Waals surface area contributed by atoms with Crippen molar-refractivity contribution in [2.75, 3.05) is 12.5 Å². The molecule has 8 heteroatoms. The van der Waals surface area contributed by atoms with E-state index >= 15 is 0 Å². The third-order valence-electron chi connectivity index (χ3n) is 3.91. The zero-order valence-corrected chi connectivity index (χ0v) is 17.2. The zero-order chi connectivity index (χ0) is 22.7. The van der Waals surface area contributed by atoms with Crippen molar-refractivity contribution in [3.8, 4) is 0 Å². The Kier molecular flexibility index (Phi) is 10.5. The van der Waals surface area contributed by atoms with E-state index in [1.54, 1.807) is 6.92 Å². The van der Waals surface area contributed by atoms with Gasteiger partial charge in [0, 0.05) is 17.5 Å². The molecule has 2 rings (SSSR count). The van der Waals surface area contributed by atoms with Crippen LogP contribution in [0.2, 0.25) is 0 Å². The van der Waals surface area contributed by atoms with Gasteiger partial charge in [0.1, 0.15) is 23.3 Å². The van der Waals surface area contributed by atoms with E-state index < -0.39 is 29.3 Å². The van der Waals surface area contributed by atoms with Crippen LogP contribution in [0.1, 0.15) is 41.0 Å². The molecule has 0 heterocycles. The summed E-state index contributed by atoms with van der Waals surface area (Å²) in [6.45, 7) is 3.00. The van der Waals surface area contributed by atoms with Gasteiger partial charge in [0.2, 0.25) is 0 Å². The van der Waals surface area contributed by atoms with Crippen LogP contribution in [0.3, 0.4) is 0 Å². The molecule has 0 spiro atoms. The fourth-order valence-electron chi connectivity index (χ4n) is 2.29. The molecule has 0 radical (unpaired) electrons. The van der Waals surface area contributed by atoms with Gasteiger partial charge in [-0.25, -0.2) is 8.78 Å². The first-order valence-electron chi connectivity index (χ1n) is 9.00. The van der Waals surface area contributed by atoms with Crippen LogP contribution < -0.4 is 0 Å². The lowest BCUT2D eigenvalue weighted by Crippen LogP contribution is -2.27. The minimum absolute atomic E-state index is 0.0639. The molecule has 0 fully saturated rings. The molecule has 2 aromatic carbocycles. The molecule has 0 aliphatic rings. The maximum Gasteiger partial charge on any atom is 0.316 e. The third kappa shape index (κ3) is 8.21. The van der Waals surface area contributed by atoms with E-state index in [0.717, 1.165) is 12.1 Å². The molecular weight excluding hydrogens is 418 g/mol. The van der Waals surface area contributed by atoms with E-state index in [1.165, 1.54) is 43.3 Å². The number of ether oxygens (including phenoxy) is 1. The van der Waals surface area contributed by atoms with E-state index in [1.807, 2.05) is 0 Å². The van der Waals surface area contributed by atoms with E-state index in [-0.39, 0.29) is 36.1 Å². The lowest BCUT2D eigenvalue weighted by molar-refractivity contribution is -0.151. The van der Waals surface area contributed by atoms with E-state index in [4.69, 9.17) is 16.3 Å². The number of benzene rings is 2. The molecule has 2 aromatic rings. The second kappa shape index (κ2) is 12.6. The van der Waals surface area contributed by atoms with Crippen LogP contribution in [0.25, 0.3) is 0 Å². The number of ketones is 3. The summed E-state index contributed by atoms with van der Waals surface area (Å²) in [4.78, 5) is 45.7. The van der Waals surface area contributed by atoms with E-state index in [0.29, 0.717) is 5.56 Å². The van der Waals surface area contributed by atoms with Gasteiger partial charge >= 0.3 is 5.97 Å². The van der Waals surface area contributed by atoms with Crippen molar-refractivity contribution < 1.29 is 32.7 Å². The second-order valence-corrected chi connectivity index (χ2v) is 6.38. The molecular formula is C22H21ClF2O5. The van der Waals surface area contributed by atoms with Crippen molar-refractivity contribution >= 4 is 34.9 Å². The molecule has 1 atom stereocenters. The highest BCUT2D eigenvalue weighted by molar-refractivity contribution is 6.30. The number of halogens is 3. The Hall–Kier alpha value is -2.93. The Morgan fingerprint density at radius 1 is 0.867 bits per heavy atom. The summed E-state index contributed by atoms with van der Waals surface area (Å²) in [5.74, 6) is -3.68. The van der Waals surface area contributed by atoms with Gasteiger partial charge in [0.25, 0.3) is 0 Å². The van der Waals surface area contributed by atoms with Crippen LogP contribution in [0.5, 0.6) is 0 Å². The Labute approximate surface area is 178 Å². The van der Waals surface area contributed by atoms with Crippen molar-refractivity contribution in [3.63, 3.8) is 0 Å². The standard InChI is InChI=1S/C14H15FO4.C8H6ClFO/c1-3-19-14(18)12(9(2)16)8-13(17)10-4-6-11(15)7-5-10;9-5-8(11)6-1-3-7(10)4-2-6/h4-7,12H,3,8H2,1-2H3;1-4H,5H2. The molecule has 5 nitrogen and oxygen atoms in total. The summed E-state index contributed by atoms with van der Waals surface area (Å²) < 4.78 is 29.8. The van der Waals surface area contributed by atoms with E-state index in [9.17, 15) is 28.0 Å². The van der Waals surface area contributed by atoms with Crippen LogP contribution in [0, 0.1) is 17.6 Å². The lowest BCUT2D eigenvalue weighted by Gasteiger charge is -2.11. The predicted octanol–water partition coefficient (Wildman–Crippen LogP) is 4.41. The molecule has 0 saturated heterocycles. The fraction of sp³-hybridized carbons (Fsp3) is 0.273. The predicted molar refractivity (Wildman–Crippen MR) is 108 cm³/mol. The SMILES string of the molecule is CCOC(=O)C(CC(=O)c1ccc(F)cc1)C(C)=O.O=C(CCl)c1ccc(F)cc1. The van der Waals surface area contributed by atoms with Gasteiger partial charge in [-0.05, 0) is 62.4 Å². The van der Waals surface area contributed by atoms with Crippen molar-refractivity contribution in [1.82, 2.24) is 0 Å². The Morgan fingerprint density at radius 2 is 1.30 bits per heavy atom. The number of Topliss-reactive ketones (excluding diaryl/α,β-unsaturated/α-hetero) is 3. The van der Waals surface area contributed by atoms with Gasteiger partial charge in [-0.15, -0.1) is 11.6 Å². The quantitative estimate of drug-likeness (QED) is 0.264. The molecule has 1 unspecified atom stereocenters. The first kappa shape index (κ1) is 25.1. The summed E-state index contributed by atoms with van der Waals surface area (Å²) in [6, 6.07) is 10.3. The highest BCUT2D eigenvalue weighted by Crippen LogP contribution is 2.14. The van der Waals surface area contributed by atoms with Crippen LogP contribution in [0.4, 0.5) is 8.78 Å². The van der Waals surface area contributed by atoms with Gasteiger partial charge in [0.15, 0.2) is 11.6 Å². The monoisotopic (exact) mass is 438 g/mol. The summed E-state index contributed by atoms with van der Waals surface area (Å²) in [6.07, 6.45) is -0.264. The topological polar surface area (TPSA) is 77.5 Å². The van der Waals surface area contributed by atoms with E-state index in [2.05, 4.69) is 0 Å². The number of alkyl halides is 1. The zero-order valence-electron chi connectivity index (χ0n) is 16.5. The minimum Gasteiger partial charge on any atom is -0.465 e. The first-order valence-corrected chi connectivity index (χ1v) is 9.53.